The van der Waals surface area contributed by atoms with E-state index in [-0.39, 0.29) is 17.9 Å². The molecule has 172 valence electrons. The highest BCUT2D eigenvalue weighted by Crippen LogP contribution is 2.34. The van der Waals surface area contributed by atoms with E-state index in [1.807, 2.05) is 17.1 Å². The number of aliphatic hydroxyl groups is 1. The predicted molar refractivity (Wildman–Crippen MR) is 123 cm³/mol. The number of likely N-dealkylation sites (tertiary alicyclic amines) is 1. The summed E-state index contributed by atoms with van der Waals surface area (Å²) in [5.41, 5.74) is 0. The maximum Gasteiger partial charge on any atom is 0.305 e. The highest BCUT2D eigenvalue weighted by Gasteiger charge is 2.28. The first-order valence-electron chi connectivity index (χ1n) is 12.0. The first-order chi connectivity index (χ1) is 14.6. The summed E-state index contributed by atoms with van der Waals surface area (Å²) in [5.74, 6) is 2.86. The molecule has 1 saturated heterocycles. The molecule has 1 heterocycles. The third kappa shape index (κ3) is 10.9. The number of ether oxygens (including phenoxy) is 1. The van der Waals surface area contributed by atoms with Gasteiger partial charge in [0.25, 0.3) is 0 Å². The van der Waals surface area contributed by atoms with Crippen LogP contribution in [0.2, 0.25) is 0 Å². The van der Waals surface area contributed by atoms with Crippen LogP contribution in [-0.4, -0.2) is 58.7 Å². The molecule has 2 aliphatic rings. The molecule has 2 atom stereocenters. The monoisotopic (exact) mass is 439 g/mol. The molecule has 1 amide bonds. The Kier molecular flexibility index (Phi) is 12.5. The zero-order valence-corrected chi connectivity index (χ0v) is 19.5. The molecule has 0 bridgehead atoms. The highest BCUT2D eigenvalue weighted by molar-refractivity contribution is 7.99. The van der Waals surface area contributed by atoms with Gasteiger partial charge in [-0.15, -0.1) is 0 Å². The van der Waals surface area contributed by atoms with Gasteiger partial charge in [0.2, 0.25) is 5.91 Å². The number of carbonyl (C=O) groups is 2. The van der Waals surface area contributed by atoms with E-state index in [2.05, 4.69) is 6.92 Å². The van der Waals surface area contributed by atoms with E-state index >= 15 is 0 Å². The number of nitrogens with zero attached hydrogens (tertiary/aromatic N) is 1. The molecule has 1 aliphatic carbocycles. The molecule has 1 N–H and O–H groups in total. The normalized spacial score (nSPS) is 20.3. The van der Waals surface area contributed by atoms with Crippen molar-refractivity contribution in [1.29, 1.82) is 0 Å². The third-order valence-corrected chi connectivity index (χ3v) is 6.94. The van der Waals surface area contributed by atoms with Crippen molar-refractivity contribution in [1.82, 2.24) is 4.90 Å². The Bertz CT molecular complexity index is 535. The van der Waals surface area contributed by atoms with Gasteiger partial charge in [0, 0.05) is 25.1 Å². The number of aliphatic hydroxyl groups excluding tert-OH is 1. The molecular weight excluding hydrogens is 398 g/mol. The van der Waals surface area contributed by atoms with Crippen molar-refractivity contribution in [3.63, 3.8) is 0 Å². The van der Waals surface area contributed by atoms with Crippen LogP contribution in [0.15, 0.2) is 12.2 Å². The maximum atomic E-state index is 12.2. The van der Waals surface area contributed by atoms with Crippen molar-refractivity contribution in [2.75, 3.05) is 24.7 Å². The minimum absolute atomic E-state index is 0.102. The van der Waals surface area contributed by atoms with Crippen molar-refractivity contribution in [3.8, 4) is 0 Å². The van der Waals surface area contributed by atoms with Gasteiger partial charge in [-0.25, -0.2) is 0 Å². The Morgan fingerprint density at radius 3 is 2.83 bits per heavy atom. The summed E-state index contributed by atoms with van der Waals surface area (Å²) >= 11 is 1.78. The van der Waals surface area contributed by atoms with Crippen LogP contribution < -0.4 is 0 Å². The average Bonchev–Trinajstić information content (AvgIpc) is 3.49. The van der Waals surface area contributed by atoms with Crippen molar-refractivity contribution in [2.45, 2.75) is 96.1 Å². The Morgan fingerprint density at radius 1 is 1.23 bits per heavy atom. The molecule has 5 nitrogen and oxygen atoms in total. The molecule has 30 heavy (non-hydrogen) atoms. The number of rotatable bonds is 17. The SMILES string of the molecule is CCCCOC(=O)CCCSCCN1C(=O)CC[C@@H]1/C=C/[C@H](O)CCCCC1CC1. The number of hydrogen-bond donors (Lipinski definition) is 1. The van der Waals surface area contributed by atoms with Crippen molar-refractivity contribution < 1.29 is 19.4 Å². The largest absolute Gasteiger partial charge is 0.466 e. The van der Waals surface area contributed by atoms with Crippen molar-refractivity contribution in [2.24, 2.45) is 5.92 Å². The molecule has 0 aromatic heterocycles. The van der Waals surface area contributed by atoms with E-state index in [1.165, 1.54) is 25.7 Å². The van der Waals surface area contributed by atoms with Crippen LogP contribution in [0.1, 0.15) is 84.0 Å². The van der Waals surface area contributed by atoms with Gasteiger partial charge >= 0.3 is 5.97 Å². The van der Waals surface area contributed by atoms with E-state index in [1.54, 1.807) is 11.8 Å². The van der Waals surface area contributed by atoms with Crippen LogP contribution in [0.3, 0.4) is 0 Å². The first-order valence-corrected chi connectivity index (χ1v) is 13.1. The molecule has 0 spiro atoms. The standard InChI is InChI=1S/C24H41NO4S/c1-2-3-17-29-24(28)9-6-18-30-19-16-25-21(13-15-23(25)27)12-14-22(26)8-5-4-7-20-10-11-20/h12,14,20-22,26H,2-11,13,15-19H2,1H3/b14-12+/t21-,22+/m0/s1. The Balaban J connectivity index is 1.54. The minimum Gasteiger partial charge on any atom is -0.466 e. The van der Waals surface area contributed by atoms with E-state index in [9.17, 15) is 14.7 Å². The molecule has 0 radical (unpaired) electrons. The van der Waals surface area contributed by atoms with Gasteiger partial charge in [0.1, 0.15) is 0 Å². The van der Waals surface area contributed by atoms with E-state index in [4.69, 9.17) is 4.74 Å². The van der Waals surface area contributed by atoms with Crippen LogP contribution in [0, 0.1) is 5.92 Å². The number of hydrogen-bond acceptors (Lipinski definition) is 5. The van der Waals surface area contributed by atoms with Crippen LogP contribution in [0.4, 0.5) is 0 Å². The number of thioether (sulfide) groups is 1. The summed E-state index contributed by atoms with van der Waals surface area (Å²) in [6.45, 7) is 3.34. The molecule has 0 aromatic rings. The number of esters is 1. The molecule has 0 unspecified atom stereocenters. The smallest absolute Gasteiger partial charge is 0.305 e. The average molecular weight is 440 g/mol. The van der Waals surface area contributed by atoms with E-state index in [0.29, 0.717) is 19.4 Å². The van der Waals surface area contributed by atoms with Crippen LogP contribution >= 0.6 is 11.8 Å². The number of unbranched alkanes of at least 4 members (excludes halogenated alkanes) is 2. The molecule has 2 fully saturated rings. The lowest BCUT2D eigenvalue weighted by atomic mass is 10.1. The summed E-state index contributed by atoms with van der Waals surface area (Å²) in [5, 5.41) is 10.2. The summed E-state index contributed by atoms with van der Waals surface area (Å²) in [6, 6.07) is 0.118. The Morgan fingerprint density at radius 2 is 2.07 bits per heavy atom. The van der Waals surface area contributed by atoms with Gasteiger partial charge < -0.3 is 14.7 Å². The van der Waals surface area contributed by atoms with E-state index < -0.39 is 6.10 Å². The summed E-state index contributed by atoms with van der Waals surface area (Å²) < 4.78 is 5.16. The van der Waals surface area contributed by atoms with Gasteiger partial charge in [-0.2, -0.15) is 11.8 Å². The van der Waals surface area contributed by atoms with Crippen LogP contribution in [0.5, 0.6) is 0 Å². The summed E-state index contributed by atoms with van der Waals surface area (Å²) in [6.07, 6.45) is 15.5. The fraction of sp³-hybridized carbons (Fsp3) is 0.833. The second-order valence-corrected chi connectivity index (χ2v) is 9.89. The zero-order valence-electron chi connectivity index (χ0n) is 18.7. The Labute approximate surface area is 187 Å². The minimum atomic E-state index is -0.395. The number of carbonyl (C=O) groups excluding carboxylic acids is 2. The Hall–Kier alpha value is -1.01. The topological polar surface area (TPSA) is 66.8 Å². The van der Waals surface area contributed by atoms with Gasteiger partial charge in [-0.3, -0.25) is 9.59 Å². The first kappa shape index (κ1) is 25.3. The van der Waals surface area contributed by atoms with Crippen molar-refractivity contribution in [3.05, 3.63) is 12.2 Å². The van der Waals surface area contributed by atoms with Gasteiger partial charge in [-0.05, 0) is 37.4 Å². The molecule has 1 saturated carbocycles. The maximum absolute atomic E-state index is 12.2. The zero-order chi connectivity index (χ0) is 21.6. The second-order valence-electron chi connectivity index (χ2n) is 8.66. The summed E-state index contributed by atoms with van der Waals surface area (Å²) in [4.78, 5) is 25.7. The predicted octanol–water partition coefficient (Wildman–Crippen LogP) is 4.72. The second kappa shape index (κ2) is 14.9. The molecular formula is C24H41NO4S. The lowest BCUT2D eigenvalue weighted by molar-refractivity contribution is -0.143. The lowest BCUT2D eigenvalue weighted by Gasteiger charge is -2.22. The fourth-order valence-corrected chi connectivity index (χ4v) is 4.66. The molecule has 0 aromatic carbocycles. The van der Waals surface area contributed by atoms with Crippen LogP contribution in [0.25, 0.3) is 0 Å². The van der Waals surface area contributed by atoms with E-state index in [0.717, 1.165) is 62.5 Å². The quantitative estimate of drug-likeness (QED) is 0.202. The lowest BCUT2D eigenvalue weighted by Crippen LogP contribution is -2.34. The van der Waals surface area contributed by atoms with Crippen LogP contribution in [-0.2, 0) is 14.3 Å². The molecule has 2 rings (SSSR count). The molecule has 6 heteroatoms. The van der Waals surface area contributed by atoms with Gasteiger partial charge in [-0.1, -0.05) is 57.6 Å². The third-order valence-electron chi connectivity index (χ3n) is 5.90. The number of amides is 1. The molecule has 1 aliphatic heterocycles. The fourth-order valence-electron chi connectivity index (χ4n) is 3.78. The van der Waals surface area contributed by atoms with Gasteiger partial charge in [0.05, 0.1) is 18.8 Å². The highest BCUT2D eigenvalue weighted by atomic mass is 32.2. The summed E-state index contributed by atoms with van der Waals surface area (Å²) in [7, 11) is 0. The van der Waals surface area contributed by atoms with Crippen molar-refractivity contribution >= 4 is 23.6 Å². The van der Waals surface area contributed by atoms with Gasteiger partial charge in [0.15, 0.2) is 0 Å².